The first-order valence-electron chi connectivity index (χ1n) is 8.35. The zero-order valence-corrected chi connectivity index (χ0v) is 15.0. The molecule has 1 aliphatic heterocycles. The Bertz CT molecular complexity index is 778. The SMILES string of the molecule is C[C@@H](Oc1ccc(F)cc1Cl)C(=O)N1CCN(c2ccc(F)cc2)CC1. The third kappa shape index (κ3) is 4.25. The van der Waals surface area contributed by atoms with Crippen molar-refractivity contribution in [3.63, 3.8) is 0 Å². The number of ether oxygens (including phenoxy) is 1. The summed E-state index contributed by atoms with van der Waals surface area (Å²) in [6.07, 6.45) is -0.727. The van der Waals surface area contributed by atoms with E-state index < -0.39 is 11.9 Å². The van der Waals surface area contributed by atoms with Crippen LogP contribution in [0.5, 0.6) is 5.75 Å². The Morgan fingerprint density at radius 2 is 1.65 bits per heavy atom. The fraction of sp³-hybridized carbons (Fsp3) is 0.316. The second-order valence-electron chi connectivity index (χ2n) is 6.12. The van der Waals surface area contributed by atoms with Crippen molar-refractivity contribution in [2.75, 3.05) is 31.1 Å². The molecule has 0 aromatic heterocycles. The minimum atomic E-state index is -0.727. The van der Waals surface area contributed by atoms with Gasteiger partial charge in [-0.1, -0.05) is 11.6 Å². The van der Waals surface area contributed by atoms with Crippen LogP contribution in [0.1, 0.15) is 6.92 Å². The quantitative estimate of drug-likeness (QED) is 0.810. The number of piperazine rings is 1. The summed E-state index contributed by atoms with van der Waals surface area (Å²) in [7, 11) is 0. The maximum atomic E-state index is 13.1. The first kappa shape index (κ1) is 18.5. The highest BCUT2D eigenvalue weighted by Crippen LogP contribution is 2.26. The van der Waals surface area contributed by atoms with Crippen molar-refractivity contribution in [3.05, 3.63) is 59.1 Å². The topological polar surface area (TPSA) is 32.8 Å². The van der Waals surface area contributed by atoms with Crippen molar-refractivity contribution in [2.24, 2.45) is 0 Å². The Hall–Kier alpha value is -2.34. The lowest BCUT2D eigenvalue weighted by molar-refractivity contribution is -0.138. The van der Waals surface area contributed by atoms with Gasteiger partial charge in [0, 0.05) is 31.9 Å². The predicted molar refractivity (Wildman–Crippen MR) is 96.7 cm³/mol. The molecule has 7 heteroatoms. The number of hydrogen-bond donors (Lipinski definition) is 0. The Morgan fingerprint density at radius 1 is 1.04 bits per heavy atom. The molecule has 1 amide bonds. The molecule has 3 rings (SSSR count). The second kappa shape index (κ2) is 7.91. The monoisotopic (exact) mass is 380 g/mol. The molecule has 138 valence electrons. The highest BCUT2D eigenvalue weighted by Gasteiger charge is 2.26. The first-order valence-corrected chi connectivity index (χ1v) is 8.73. The standard InChI is InChI=1S/C19H19ClF2N2O2/c1-13(26-18-7-4-15(22)12-17(18)20)19(25)24-10-8-23(9-11-24)16-5-2-14(21)3-6-16/h2-7,12-13H,8-11H2,1H3/t13-/m1/s1. The summed E-state index contributed by atoms with van der Waals surface area (Å²) >= 11 is 5.94. The summed E-state index contributed by atoms with van der Waals surface area (Å²) < 4.78 is 31.7. The summed E-state index contributed by atoms with van der Waals surface area (Å²) in [4.78, 5) is 16.4. The van der Waals surface area contributed by atoms with Gasteiger partial charge in [0.2, 0.25) is 0 Å². The summed E-state index contributed by atoms with van der Waals surface area (Å²) in [5.74, 6) is -0.603. The number of carbonyl (C=O) groups is 1. The third-order valence-corrected chi connectivity index (χ3v) is 4.62. The van der Waals surface area contributed by atoms with Crippen LogP contribution in [0.3, 0.4) is 0 Å². The normalized spacial score (nSPS) is 15.7. The highest BCUT2D eigenvalue weighted by atomic mass is 35.5. The van der Waals surface area contributed by atoms with Crippen molar-refractivity contribution in [2.45, 2.75) is 13.0 Å². The highest BCUT2D eigenvalue weighted by molar-refractivity contribution is 6.32. The molecule has 1 saturated heterocycles. The van der Waals surface area contributed by atoms with Gasteiger partial charge in [-0.3, -0.25) is 4.79 Å². The molecule has 0 aliphatic carbocycles. The van der Waals surface area contributed by atoms with Crippen LogP contribution in [0.2, 0.25) is 5.02 Å². The van der Waals surface area contributed by atoms with Crippen molar-refractivity contribution < 1.29 is 18.3 Å². The van der Waals surface area contributed by atoms with Crippen LogP contribution in [0.15, 0.2) is 42.5 Å². The van der Waals surface area contributed by atoms with Gasteiger partial charge in [-0.25, -0.2) is 8.78 Å². The molecule has 0 unspecified atom stereocenters. The Kier molecular flexibility index (Phi) is 5.61. The first-order chi connectivity index (χ1) is 12.4. The summed E-state index contributed by atoms with van der Waals surface area (Å²) in [5, 5.41) is 0.130. The lowest BCUT2D eigenvalue weighted by atomic mass is 10.2. The van der Waals surface area contributed by atoms with E-state index in [1.807, 2.05) is 0 Å². The molecule has 1 heterocycles. The lowest BCUT2D eigenvalue weighted by Crippen LogP contribution is -2.52. The van der Waals surface area contributed by atoms with E-state index in [-0.39, 0.29) is 22.5 Å². The summed E-state index contributed by atoms with van der Waals surface area (Å²) in [6.45, 7) is 4.04. The number of nitrogens with zero attached hydrogens (tertiary/aromatic N) is 2. The minimum absolute atomic E-state index is 0.130. The van der Waals surface area contributed by atoms with Crippen molar-refractivity contribution in [1.82, 2.24) is 4.90 Å². The van der Waals surface area contributed by atoms with Gasteiger partial charge in [-0.2, -0.15) is 0 Å². The maximum Gasteiger partial charge on any atom is 0.263 e. The van der Waals surface area contributed by atoms with Crippen molar-refractivity contribution in [1.29, 1.82) is 0 Å². The van der Waals surface area contributed by atoms with E-state index in [1.54, 1.807) is 24.0 Å². The minimum Gasteiger partial charge on any atom is -0.479 e. The van der Waals surface area contributed by atoms with E-state index in [4.69, 9.17) is 16.3 Å². The predicted octanol–water partition coefficient (Wildman–Crippen LogP) is 3.73. The van der Waals surface area contributed by atoms with Crippen LogP contribution in [-0.4, -0.2) is 43.1 Å². The molecule has 2 aromatic carbocycles. The Labute approximate surface area is 155 Å². The summed E-state index contributed by atoms with van der Waals surface area (Å²) in [6, 6.07) is 10.1. The molecular weight excluding hydrogens is 362 g/mol. The van der Waals surface area contributed by atoms with Gasteiger partial charge in [0.15, 0.2) is 6.10 Å². The molecule has 1 aliphatic rings. The van der Waals surface area contributed by atoms with E-state index >= 15 is 0 Å². The molecule has 1 fully saturated rings. The van der Waals surface area contributed by atoms with Gasteiger partial charge in [0.05, 0.1) is 5.02 Å². The van der Waals surface area contributed by atoms with Crippen LogP contribution in [0, 0.1) is 11.6 Å². The number of amides is 1. The molecule has 0 bridgehead atoms. The van der Waals surface area contributed by atoms with E-state index in [2.05, 4.69) is 4.90 Å². The van der Waals surface area contributed by atoms with Crippen LogP contribution in [-0.2, 0) is 4.79 Å². The van der Waals surface area contributed by atoms with Crippen LogP contribution in [0.4, 0.5) is 14.5 Å². The van der Waals surface area contributed by atoms with Gasteiger partial charge in [0.25, 0.3) is 5.91 Å². The third-order valence-electron chi connectivity index (χ3n) is 4.33. The Morgan fingerprint density at radius 3 is 2.27 bits per heavy atom. The molecule has 2 aromatic rings. The second-order valence-corrected chi connectivity index (χ2v) is 6.53. The van der Waals surface area contributed by atoms with E-state index in [0.717, 1.165) is 11.8 Å². The molecule has 26 heavy (non-hydrogen) atoms. The fourth-order valence-corrected chi connectivity index (χ4v) is 3.12. The van der Waals surface area contributed by atoms with E-state index in [1.165, 1.54) is 24.3 Å². The van der Waals surface area contributed by atoms with Gasteiger partial charge in [-0.15, -0.1) is 0 Å². The molecule has 0 spiro atoms. The largest absolute Gasteiger partial charge is 0.479 e. The molecule has 0 saturated carbocycles. The smallest absolute Gasteiger partial charge is 0.263 e. The van der Waals surface area contributed by atoms with Crippen LogP contribution < -0.4 is 9.64 Å². The van der Waals surface area contributed by atoms with Crippen molar-refractivity contribution in [3.8, 4) is 5.75 Å². The number of anilines is 1. The van der Waals surface area contributed by atoms with Crippen molar-refractivity contribution >= 4 is 23.2 Å². The average molecular weight is 381 g/mol. The molecule has 1 atom stereocenters. The molecule has 4 nitrogen and oxygen atoms in total. The number of benzene rings is 2. The fourth-order valence-electron chi connectivity index (χ4n) is 2.91. The van der Waals surface area contributed by atoms with E-state index in [9.17, 15) is 13.6 Å². The zero-order valence-electron chi connectivity index (χ0n) is 14.3. The number of carbonyl (C=O) groups excluding carboxylic acids is 1. The number of rotatable bonds is 4. The Balaban J connectivity index is 1.56. The van der Waals surface area contributed by atoms with Gasteiger partial charge in [0.1, 0.15) is 17.4 Å². The lowest BCUT2D eigenvalue weighted by Gasteiger charge is -2.37. The van der Waals surface area contributed by atoms with Gasteiger partial charge < -0.3 is 14.5 Å². The molecule has 0 radical (unpaired) electrons. The zero-order chi connectivity index (χ0) is 18.7. The van der Waals surface area contributed by atoms with Crippen LogP contribution in [0.25, 0.3) is 0 Å². The van der Waals surface area contributed by atoms with Gasteiger partial charge >= 0.3 is 0 Å². The van der Waals surface area contributed by atoms with Crippen LogP contribution >= 0.6 is 11.6 Å². The number of halogens is 3. The van der Waals surface area contributed by atoms with E-state index in [0.29, 0.717) is 26.2 Å². The maximum absolute atomic E-state index is 13.1. The molecule has 0 N–H and O–H groups in total. The van der Waals surface area contributed by atoms with Gasteiger partial charge in [-0.05, 0) is 49.4 Å². The molecular formula is C19H19ClF2N2O2. The number of hydrogen-bond acceptors (Lipinski definition) is 3. The summed E-state index contributed by atoms with van der Waals surface area (Å²) in [5.41, 5.74) is 0.931. The average Bonchev–Trinajstić information content (AvgIpc) is 2.64.